The van der Waals surface area contributed by atoms with Crippen molar-refractivity contribution in [3.05, 3.63) is 64.8 Å². The molecule has 2 aromatic carbocycles. The summed E-state index contributed by atoms with van der Waals surface area (Å²) in [4.78, 5) is 40.8. The molecule has 2 unspecified atom stereocenters. The number of H-pyrrole nitrogens is 1. The van der Waals surface area contributed by atoms with Crippen molar-refractivity contribution in [2.45, 2.75) is 39.3 Å². The number of benzene rings is 2. The van der Waals surface area contributed by atoms with E-state index in [-0.39, 0.29) is 6.42 Å². The van der Waals surface area contributed by atoms with Gasteiger partial charge in [0.05, 0.1) is 0 Å². The minimum atomic E-state index is -1.14. The van der Waals surface area contributed by atoms with Crippen LogP contribution in [0.25, 0.3) is 10.9 Å². The third-order valence-electron chi connectivity index (χ3n) is 5.22. The Hall–Kier alpha value is -3.33. The largest absolute Gasteiger partial charge is 0.480 e. The molecule has 8 nitrogen and oxygen atoms in total. The standard InChI is InChI=1S/C24H27BrN4O4/c1-24(2,3)20(22(31)32)29-21(30)19(12-14-13-26-18-7-5-4-6-17(14)18)28-23(33)27-16-10-8-15(25)9-11-16/h4-11,13,19-20,26H,12H2,1-3H3,(H,29,30)(H,31,32)(H2,27,28,33). The lowest BCUT2D eigenvalue weighted by Gasteiger charge is -2.29. The van der Waals surface area contributed by atoms with E-state index in [1.165, 1.54) is 0 Å². The van der Waals surface area contributed by atoms with Crippen LogP contribution in [0.4, 0.5) is 10.5 Å². The van der Waals surface area contributed by atoms with Crippen LogP contribution in [0.15, 0.2) is 59.2 Å². The number of carbonyl (C=O) groups excluding carboxylic acids is 2. The Labute approximate surface area is 200 Å². The second-order valence-electron chi connectivity index (χ2n) is 8.87. The minimum Gasteiger partial charge on any atom is -0.480 e. The van der Waals surface area contributed by atoms with Crippen molar-refractivity contribution >= 4 is 50.4 Å². The van der Waals surface area contributed by atoms with Crippen molar-refractivity contribution in [3.8, 4) is 0 Å². The first kappa shape index (κ1) is 24.3. The van der Waals surface area contributed by atoms with E-state index in [2.05, 4.69) is 36.9 Å². The molecular formula is C24H27BrN4O4. The van der Waals surface area contributed by atoms with Crippen LogP contribution in [-0.2, 0) is 16.0 Å². The number of anilines is 1. The summed E-state index contributed by atoms with van der Waals surface area (Å²) in [5, 5.41) is 18.5. The van der Waals surface area contributed by atoms with E-state index in [0.717, 1.165) is 20.9 Å². The third kappa shape index (κ3) is 6.35. The fourth-order valence-electron chi connectivity index (χ4n) is 3.48. The van der Waals surface area contributed by atoms with Gasteiger partial charge in [-0.2, -0.15) is 0 Å². The number of carbonyl (C=O) groups is 3. The number of urea groups is 1. The number of para-hydroxylation sites is 1. The number of halogens is 1. The molecule has 5 N–H and O–H groups in total. The highest BCUT2D eigenvalue weighted by atomic mass is 79.9. The molecule has 9 heteroatoms. The van der Waals surface area contributed by atoms with Crippen molar-refractivity contribution in [2.75, 3.05) is 5.32 Å². The Balaban J connectivity index is 1.83. The Kier molecular flexibility index (Phi) is 7.43. The second-order valence-corrected chi connectivity index (χ2v) is 9.78. The number of amides is 3. The highest BCUT2D eigenvalue weighted by Crippen LogP contribution is 2.22. The summed E-state index contributed by atoms with van der Waals surface area (Å²) in [5.41, 5.74) is 1.58. The summed E-state index contributed by atoms with van der Waals surface area (Å²) in [6, 6.07) is 12.0. The van der Waals surface area contributed by atoms with Crippen LogP contribution >= 0.6 is 15.9 Å². The predicted octanol–water partition coefficient (Wildman–Crippen LogP) is 4.28. The molecular weight excluding hydrogens is 488 g/mol. The van der Waals surface area contributed by atoms with Crippen LogP contribution in [0.5, 0.6) is 0 Å². The maximum Gasteiger partial charge on any atom is 0.326 e. The normalized spacial score (nSPS) is 13.2. The molecule has 3 rings (SSSR count). The van der Waals surface area contributed by atoms with Crippen LogP contribution in [-0.4, -0.2) is 40.1 Å². The molecule has 0 fully saturated rings. The quantitative estimate of drug-likeness (QED) is 0.322. The summed E-state index contributed by atoms with van der Waals surface area (Å²) in [6.07, 6.45) is 1.97. The summed E-state index contributed by atoms with van der Waals surface area (Å²) in [6.45, 7) is 5.19. The number of fused-ring (bicyclic) bond motifs is 1. The van der Waals surface area contributed by atoms with E-state index in [0.29, 0.717) is 5.69 Å². The maximum atomic E-state index is 13.2. The van der Waals surface area contributed by atoms with Crippen molar-refractivity contribution in [1.29, 1.82) is 0 Å². The van der Waals surface area contributed by atoms with Gasteiger partial charge in [-0.05, 0) is 41.3 Å². The first-order valence-corrected chi connectivity index (χ1v) is 11.2. The topological polar surface area (TPSA) is 123 Å². The minimum absolute atomic E-state index is 0.181. The van der Waals surface area contributed by atoms with E-state index in [1.54, 1.807) is 51.2 Å². The Morgan fingerprint density at radius 2 is 1.70 bits per heavy atom. The molecule has 0 radical (unpaired) electrons. The fourth-order valence-corrected chi connectivity index (χ4v) is 3.74. The van der Waals surface area contributed by atoms with Gasteiger partial charge >= 0.3 is 12.0 Å². The molecule has 0 aliphatic carbocycles. The number of aliphatic carboxylic acids is 1. The number of hydrogen-bond acceptors (Lipinski definition) is 3. The average molecular weight is 515 g/mol. The first-order valence-electron chi connectivity index (χ1n) is 10.5. The SMILES string of the molecule is CC(C)(C)C(NC(=O)C(Cc1c[nH]c2ccccc12)NC(=O)Nc1ccc(Br)cc1)C(=O)O. The van der Waals surface area contributed by atoms with Gasteiger partial charge in [0.1, 0.15) is 12.1 Å². The molecule has 3 amide bonds. The van der Waals surface area contributed by atoms with Crippen molar-refractivity contribution < 1.29 is 19.5 Å². The Bertz CT molecular complexity index is 1150. The van der Waals surface area contributed by atoms with E-state index in [1.807, 2.05) is 24.3 Å². The molecule has 33 heavy (non-hydrogen) atoms. The van der Waals surface area contributed by atoms with Crippen molar-refractivity contribution in [1.82, 2.24) is 15.6 Å². The lowest BCUT2D eigenvalue weighted by Crippen LogP contribution is -2.56. The molecule has 0 saturated carbocycles. The predicted molar refractivity (Wildman–Crippen MR) is 131 cm³/mol. The lowest BCUT2D eigenvalue weighted by atomic mass is 9.86. The molecule has 174 valence electrons. The number of carboxylic acids is 1. The molecule has 1 heterocycles. The fraction of sp³-hybridized carbons (Fsp3) is 0.292. The van der Waals surface area contributed by atoms with Gasteiger partial charge in [0.25, 0.3) is 0 Å². The van der Waals surface area contributed by atoms with Crippen molar-refractivity contribution in [3.63, 3.8) is 0 Å². The number of nitrogens with one attached hydrogen (secondary N) is 4. The average Bonchev–Trinajstić information content (AvgIpc) is 3.15. The molecule has 0 aliphatic rings. The van der Waals surface area contributed by atoms with E-state index < -0.39 is 35.4 Å². The number of rotatable bonds is 7. The maximum absolute atomic E-state index is 13.2. The monoisotopic (exact) mass is 514 g/mol. The Morgan fingerprint density at radius 1 is 1.03 bits per heavy atom. The molecule has 3 aromatic rings. The second kappa shape index (κ2) is 10.1. The molecule has 0 saturated heterocycles. The highest BCUT2D eigenvalue weighted by Gasteiger charge is 2.35. The summed E-state index contributed by atoms with van der Waals surface area (Å²) >= 11 is 3.34. The summed E-state index contributed by atoms with van der Waals surface area (Å²) in [5.74, 6) is -1.71. The summed E-state index contributed by atoms with van der Waals surface area (Å²) in [7, 11) is 0. The van der Waals surface area contributed by atoms with Gasteiger partial charge in [0.2, 0.25) is 5.91 Å². The highest BCUT2D eigenvalue weighted by molar-refractivity contribution is 9.10. The molecule has 1 aromatic heterocycles. The first-order chi connectivity index (χ1) is 15.5. The molecule has 0 spiro atoms. The summed E-state index contributed by atoms with van der Waals surface area (Å²) < 4.78 is 0.868. The molecule has 0 aliphatic heterocycles. The van der Waals surface area contributed by atoms with E-state index >= 15 is 0 Å². The lowest BCUT2D eigenvalue weighted by molar-refractivity contribution is -0.145. The van der Waals surface area contributed by atoms with E-state index in [9.17, 15) is 19.5 Å². The van der Waals surface area contributed by atoms with Crippen LogP contribution in [0.1, 0.15) is 26.3 Å². The molecule has 2 atom stereocenters. The van der Waals surface area contributed by atoms with Gasteiger partial charge in [-0.3, -0.25) is 4.79 Å². The van der Waals surface area contributed by atoms with Gasteiger partial charge in [-0.25, -0.2) is 9.59 Å². The van der Waals surface area contributed by atoms with Gasteiger partial charge < -0.3 is 26.0 Å². The number of aromatic nitrogens is 1. The van der Waals surface area contributed by atoms with Gasteiger partial charge in [-0.1, -0.05) is 54.9 Å². The number of hydrogen-bond donors (Lipinski definition) is 5. The zero-order valence-electron chi connectivity index (χ0n) is 18.6. The van der Waals surface area contributed by atoms with Crippen LogP contribution in [0.3, 0.4) is 0 Å². The van der Waals surface area contributed by atoms with Crippen molar-refractivity contribution in [2.24, 2.45) is 5.41 Å². The van der Waals surface area contributed by atoms with Gasteiger partial charge in [0, 0.05) is 33.7 Å². The smallest absolute Gasteiger partial charge is 0.326 e. The number of carboxylic acid groups (broad SMARTS) is 1. The van der Waals surface area contributed by atoms with Crippen LogP contribution in [0, 0.1) is 5.41 Å². The van der Waals surface area contributed by atoms with E-state index in [4.69, 9.17) is 0 Å². The van der Waals surface area contributed by atoms with Gasteiger partial charge in [-0.15, -0.1) is 0 Å². The zero-order valence-corrected chi connectivity index (χ0v) is 20.2. The molecule has 0 bridgehead atoms. The van der Waals surface area contributed by atoms with Crippen LogP contribution in [0.2, 0.25) is 0 Å². The Morgan fingerprint density at radius 3 is 2.33 bits per heavy atom. The van der Waals surface area contributed by atoms with Gasteiger partial charge in [0.15, 0.2) is 0 Å². The third-order valence-corrected chi connectivity index (χ3v) is 5.75. The zero-order chi connectivity index (χ0) is 24.2. The van der Waals surface area contributed by atoms with Crippen LogP contribution < -0.4 is 16.0 Å². The number of aromatic amines is 1.